The molecule has 0 aromatic carbocycles. The van der Waals surface area contributed by atoms with Crippen LogP contribution in [-0.2, 0) is 11.2 Å². The summed E-state index contributed by atoms with van der Waals surface area (Å²) in [7, 11) is 0. The van der Waals surface area contributed by atoms with E-state index in [1.807, 2.05) is 6.20 Å². The second kappa shape index (κ2) is 4.63. The lowest BCUT2D eigenvalue weighted by atomic mass is 10.1. The predicted molar refractivity (Wildman–Crippen MR) is 67.4 cm³/mol. The monoisotopic (exact) mass is 233 g/mol. The van der Waals surface area contributed by atoms with E-state index in [1.54, 1.807) is 0 Å². The Bertz CT molecular complexity index is 367. The van der Waals surface area contributed by atoms with E-state index in [-0.39, 0.29) is 0 Å². The SMILES string of the molecule is CCc1ccc(N2CC3CNCC(C2)O3)cn1. The second-order valence-corrected chi connectivity index (χ2v) is 4.80. The number of nitrogens with one attached hydrogen (secondary N) is 1. The Balaban J connectivity index is 1.74. The Hall–Kier alpha value is -1.13. The Morgan fingerprint density at radius 3 is 2.71 bits per heavy atom. The molecule has 2 aliphatic rings. The van der Waals surface area contributed by atoms with Crippen molar-refractivity contribution in [1.29, 1.82) is 0 Å². The van der Waals surface area contributed by atoms with Crippen molar-refractivity contribution in [3.8, 4) is 0 Å². The minimum Gasteiger partial charge on any atom is -0.369 e. The molecular weight excluding hydrogens is 214 g/mol. The van der Waals surface area contributed by atoms with Gasteiger partial charge in [0.1, 0.15) is 0 Å². The third-order valence-electron chi connectivity index (χ3n) is 3.51. The molecule has 1 aromatic heterocycles. The molecule has 92 valence electrons. The molecule has 3 heterocycles. The van der Waals surface area contributed by atoms with E-state index in [2.05, 4.69) is 34.3 Å². The van der Waals surface area contributed by atoms with Crippen molar-refractivity contribution in [2.24, 2.45) is 0 Å². The maximum atomic E-state index is 5.89. The maximum absolute atomic E-state index is 5.89. The van der Waals surface area contributed by atoms with Gasteiger partial charge in [0.25, 0.3) is 0 Å². The first kappa shape index (κ1) is 11.0. The van der Waals surface area contributed by atoms with Gasteiger partial charge in [-0.25, -0.2) is 0 Å². The summed E-state index contributed by atoms with van der Waals surface area (Å²) in [5, 5.41) is 3.41. The summed E-state index contributed by atoms with van der Waals surface area (Å²) in [6.45, 7) is 6.00. The summed E-state index contributed by atoms with van der Waals surface area (Å²) in [6.07, 6.45) is 3.65. The first-order valence-electron chi connectivity index (χ1n) is 6.41. The molecule has 0 amide bonds. The highest BCUT2D eigenvalue weighted by Crippen LogP contribution is 2.21. The number of hydrogen-bond donors (Lipinski definition) is 1. The number of fused-ring (bicyclic) bond motifs is 2. The number of anilines is 1. The van der Waals surface area contributed by atoms with Gasteiger partial charge in [-0.1, -0.05) is 6.92 Å². The summed E-state index contributed by atoms with van der Waals surface area (Å²) in [4.78, 5) is 6.86. The molecule has 17 heavy (non-hydrogen) atoms. The van der Waals surface area contributed by atoms with E-state index in [9.17, 15) is 0 Å². The minimum atomic E-state index is 0.327. The third kappa shape index (κ3) is 2.28. The molecule has 4 nitrogen and oxygen atoms in total. The third-order valence-corrected chi connectivity index (χ3v) is 3.51. The zero-order valence-electron chi connectivity index (χ0n) is 10.2. The van der Waals surface area contributed by atoms with Gasteiger partial charge < -0.3 is 15.0 Å². The van der Waals surface area contributed by atoms with Crippen LogP contribution in [0.15, 0.2) is 18.3 Å². The highest BCUT2D eigenvalue weighted by atomic mass is 16.5. The minimum absolute atomic E-state index is 0.327. The van der Waals surface area contributed by atoms with E-state index in [0.29, 0.717) is 12.2 Å². The molecule has 0 spiro atoms. The first-order valence-corrected chi connectivity index (χ1v) is 6.41. The van der Waals surface area contributed by atoms with Gasteiger partial charge in [0, 0.05) is 31.9 Å². The molecule has 4 heteroatoms. The van der Waals surface area contributed by atoms with E-state index in [4.69, 9.17) is 4.74 Å². The van der Waals surface area contributed by atoms with Crippen LogP contribution < -0.4 is 10.2 Å². The van der Waals surface area contributed by atoms with E-state index in [0.717, 1.165) is 38.3 Å². The molecule has 2 unspecified atom stereocenters. The molecule has 0 aliphatic carbocycles. The summed E-state index contributed by atoms with van der Waals surface area (Å²) in [5.41, 5.74) is 2.38. The number of pyridine rings is 1. The molecule has 2 bridgehead atoms. The average molecular weight is 233 g/mol. The van der Waals surface area contributed by atoms with Crippen LogP contribution in [0.5, 0.6) is 0 Å². The predicted octanol–water partition coefficient (Wildman–Crippen LogP) is 0.821. The van der Waals surface area contributed by atoms with Crippen molar-refractivity contribution < 1.29 is 4.74 Å². The lowest BCUT2D eigenvalue weighted by molar-refractivity contribution is -0.0484. The molecule has 0 radical (unpaired) electrons. The van der Waals surface area contributed by atoms with Gasteiger partial charge in [0.15, 0.2) is 0 Å². The Labute approximate surface area is 102 Å². The van der Waals surface area contributed by atoms with Gasteiger partial charge in [0.2, 0.25) is 0 Å². The Kier molecular flexibility index (Phi) is 2.99. The fourth-order valence-corrected chi connectivity index (χ4v) is 2.58. The van der Waals surface area contributed by atoms with Gasteiger partial charge >= 0.3 is 0 Å². The van der Waals surface area contributed by atoms with Crippen molar-refractivity contribution in [2.45, 2.75) is 25.6 Å². The Morgan fingerprint density at radius 1 is 1.35 bits per heavy atom. The van der Waals surface area contributed by atoms with Gasteiger partial charge in [-0.15, -0.1) is 0 Å². The fraction of sp³-hybridized carbons (Fsp3) is 0.615. The van der Waals surface area contributed by atoms with E-state index >= 15 is 0 Å². The van der Waals surface area contributed by atoms with E-state index in [1.165, 1.54) is 5.69 Å². The second-order valence-electron chi connectivity index (χ2n) is 4.80. The Morgan fingerprint density at radius 2 is 2.12 bits per heavy atom. The first-order chi connectivity index (χ1) is 8.35. The molecule has 2 aliphatic heterocycles. The smallest absolute Gasteiger partial charge is 0.0879 e. The molecule has 2 atom stereocenters. The van der Waals surface area contributed by atoms with Crippen molar-refractivity contribution in [3.63, 3.8) is 0 Å². The van der Waals surface area contributed by atoms with E-state index < -0.39 is 0 Å². The van der Waals surface area contributed by atoms with Crippen molar-refractivity contribution in [1.82, 2.24) is 10.3 Å². The molecule has 3 rings (SSSR count). The van der Waals surface area contributed by atoms with Gasteiger partial charge in [-0.2, -0.15) is 0 Å². The van der Waals surface area contributed by atoms with Crippen LogP contribution in [0.3, 0.4) is 0 Å². The van der Waals surface area contributed by atoms with Crippen LogP contribution in [0.4, 0.5) is 5.69 Å². The summed E-state index contributed by atoms with van der Waals surface area (Å²) >= 11 is 0. The van der Waals surface area contributed by atoms with Crippen LogP contribution in [0, 0.1) is 0 Å². The van der Waals surface area contributed by atoms with Crippen molar-refractivity contribution in [3.05, 3.63) is 24.0 Å². The van der Waals surface area contributed by atoms with Crippen LogP contribution in [0.2, 0.25) is 0 Å². The summed E-state index contributed by atoms with van der Waals surface area (Å²) < 4.78 is 5.89. The molecule has 0 saturated carbocycles. The molecule has 2 fully saturated rings. The lowest BCUT2D eigenvalue weighted by Crippen LogP contribution is -2.58. The number of morpholine rings is 2. The highest BCUT2D eigenvalue weighted by Gasteiger charge is 2.31. The zero-order chi connectivity index (χ0) is 11.7. The number of rotatable bonds is 2. The standard InChI is InChI=1S/C13H19N3O/c1-2-10-3-4-11(5-15-10)16-8-12-6-14-7-13(9-16)17-12/h3-5,12-14H,2,6-9H2,1H3. The summed E-state index contributed by atoms with van der Waals surface area (Å²) in [6, 6.07) is 4.30. The van der Waals surface area contributed by atoms with Crippen LogP contribution in [0.25, 0.3) is 0 Å². The van der Waals surface area contributed by atoms with Crippen molar-refractivity contribution >= 4 is 5.69 Å². The highest BCUT2D eigenvalue weighted by molar-refractivity contribution is 5.45. The van der Waals surface area contributed by atoms with Crippen LogP contribution in [0.1, 0.15) is 12.6 Å². The zero-order valence-corrected chi connectivity index (χ0v) is 10.2. The normalized spacial score (nSPS) is 28.2. The number of ether oxygens (including phenoxy) is 1. The largest absolute Gasteiger partial charge is 0.369 e. The molecule has 1 aromatic rings. The number of aryl methyl sites for hydroxylation is 1. The number of nitrogens with zero attached hydrogens (tertiary/aromatic N) is 2. The molecule has 2 saturated heterocycles. The topological polar surface area (TPSA) is 37.4 Å². The molecular formula is C13H19N3O. The lowest BCUT2D eigenvalue weighted by Gasteiger charge is -2.42. The van der Waals surface area contributed by atoms with Gasteiger partial charge in [-0.3, -0.25) is 4.98 Å². The average Bonchev–Trinajstić information content (AvgIpc) is 2.38. The fourth-order valence-electron chi connectivity index (χ4n) is 2.58. The quantitative estimate of drug-likeness (QED) is 0.820. The number of hydrogen-bond acceptors (Lipinski definition) is 4. The maximum Gasteiger partial charge on any atom is 0.0879 e. The summed E-state index contributed by atoms with van der Waals surface area (Å²) in [5.74, 6) is 0. The van der Waals surface area contributed by atoms with Gasteiger partial charge in [-0.05, 0) is 18.6 Å². The van der Waals surface area contributed by atoms with Crippen LogP contribution in [-0.4, -0.2) is 43.4 Å². The van der Waals surface area contributed by atoms with Crippen LogP contribution >= 0.6 is 0 Å². The van der Waals surface area contributed by atoms with Gasteiger partial charge in [0.05, 0.1) is 24.1 Å². The number of aromatic nitrogens is 1. The van der Waals surface area contributed by atoms with Crippen molar-refractivity contribution in [2.75, 3.05) is 31.1 Å². The molecule has 1 N–H and O–H groups in total.